The SMILES string of the molecule is Cc1cc(C(=O)NCCN2CCCCCC2)c(C)o1. The Kier molecular flexibility index (Phi) is 5.02. The summed E-state index contributed by atoms with van der Waals surface area (Å²) in [5.41, 5.74) is 0.661. The van der Waals surface area contributed by atoms with Gasteiger partial charge in [0.25, 0.3) is 5.91 Å². The fraction of sp³-hybridized carbons (Fsp3) is 0.667. The van der Waals surface area contributed by atoms with Crippen molar-refractivity contribution in [3.8, 4) is 0 Å². The summed E-state index contributed by atoms with van der Waals surface area (Å²) in [5.74, 6) is 1.46. The van der Waals surface area contributed by atoms with E-state index in [1.54, 1.807) is 6.07 Å². The summed E-state index contributed by atoms with van der Waals surface area (Å²) < 4.78 is 5.38. The predicted molar refractivity (Wildman–Crippen MR) is 75.4 cm³/mol. The molecule has 1 fully saturated rings. The molecule has 1 N–H and O–H groups in total. The average molecular weight is 264 g/mol. The molecule has 19 heavy (non-hydrogen) atoms. The van der Waals surface area contributed by atoms with Crippen molar-refractivity contribution in [1.29, 1.82) is 0 Å². The number of hydrogen-bond donors (Lipinski definition) is 1. The number of hydrogen-bond acceptors (Lipinski definition) is 3. The summed E-state index contributed by atoms with van der Waals surface area (Å²) in [7, 11) is 0. The van der Waals surface area contributed by atoms with E-state index in [-0.39, 0.29) is 5.91 Å². The summed E-state index contributed by atoms with van der Waals surface area (Å²) in [4.78, 5) is 14.4. The quantitative estimate of drug-likeness (QED) is 0.909. The minimum atomic E-state index is -0.0239. The Morgan fingerprint density at radius 2 is 1.95 bits per heavy atom. The molecule has 4 heteroatoms. The zero-order chi connectivity index (χ0) is 13.7. The largest absolute Gasteiger partial charge is 0.466 e. The second-order valence-corrected chi connectivity index (χ2v) is 5.34. The lowest BCUT2D eigenvalue weighted by Gasteiger charge is -2.19. The molecule has 106 valence electrons. The Morgan fingerprint density at radius 1 is 1.26 bits per heavy atom. The normalized spacial score (nSPS) is 17.2. The van der Waals surface area contributed by atoms with Gasteiger partial charge in [-0.15, -0.1) is 0 Å². The fourth-order valence-corrected chi connectivity index (χ4v) is 2.64. The van der Waals surface area contributed by atoms with E-state index in [2.05, 4.69) is 10.2 Å². The van der Waals surface area contributed by atoms with Crippen LogP contribution in [0, 0.1) is 13.8 Å². The summed E-state index contributed by atoms with van der Waals surface area (Å²) in [5, 5.41) is 2.98. The van der Waals surface area contributed by atoms with Gasteiger partial charge in [-0.1, -0.05) is 12.8 Å². The number of carbonyl (C=O) groups excluding carboxylic acids is 1. The van der Waals surface area contributed by atoms with E-state index in [0.717, 1.165) is 12.3 Å². The van der Waals surface area contributed by atoms with E-state index in [1.165, 1.54) is 38.8 Å². The van der Waals surface area contributed by atoms with Crippen molar-refractivity contribution in [2.24, 2.45) is 0 Å². The maximum atomic E-state index is 12.0. The van der Waals surface area contributed by atoms with Gasteiger partial charge in [-0.25, -0.2) is 0 Å². The fourth-order valence-electron chi connectivity index (χ4n) is 2.64. The summed E-state index contributed by atoms with van der Waals surface area (Å²) in [6.07, 6.45) is 5.26. The van der Waals surface area contributed by atoms with Crippen LogP contribution >= 0.6 is 0 Å². The molecule has 1 amide bonds. The van der Waals surface area contributed by atoms with Gasteiger partial charge >= 0.3 is 0 Å². The van der Waals surface area contributed by atoms with Gasteiger partial charge in [0.1, 0.15) is 11.5 Å². The van der Waals surface area contributed by atoms with Crippen LogP contribution < -0.4 is 5.32 Å². The molecule has 1 aliphatic rings. The highest BCUT2D eigenvalue weighted by Crippen LogP contribution is 2.13. The summed E-state index contributed by atoms with van der Waals surface area (Å²) in [6.45, 7) is 7.68. The number of rotatable bonds is 4. The van der Waals surface area contributed by atoms with Crippen molar-refractivity contribution < 1.29 is 9.21 Å². The van der Waals surface area contributed by atoms with Gasteiger partial charge in [-0.2, -0.15) is 0 Å². The molecule has 1 aliphatic heterocycles. The summed E-state index contributed by atoms with van der Waals surface area (Å²) >= 11 is 0. The molecule has 1 saturated heterocycles. The molecular weight excluding hydrogens is 240 g/mol. The highest BCUT2D eigenvalue weighted by atomic mass is 16.3. The molecule has 1 aromatic rings. The average Bonchev–Trinajstić information content (AvgIpc) is 2.58. The number of likely N-dealkylation sites (tertiary alicyclic amines) is 1. The lowest BCUT2D eigenvalue weighted by molar-refractivity contribution is 0.0947. The van der Waals surface area contributed by atoms with Crippen LogP contribution in [-0.2, 0) is 0 Å². The number of aryl methyl sites for hydroxylation is 2. The predicted octanol–water partition coefficient (Wildman–Crippen LogP) is 2.50. The minimum Gasteiger partial charge on any atom is -0.466 e. The number of furan rings is 1. The molecule has 2 rings (SSSR count). The number of carbonyl (C=O) groups is 1. The van der Waals surface area contributed by atoms with E-state index < -0.39 is 0 Å². The van der Waals surface area contributed by atoms with Gasteiger partial charge in [0.15, 0.2) is 0 Å². The first-order valence-electron chi connectivity index (χ1n) is 7.24. The molecule has 0 bridgehead atoms. The van der Waals surface area contributed by atoms with Gasteiger partial charge in [0.2, 0.25) is 0 Å². The third-order valence-corrected chi connectivity index (χ3v) is 3.70. The molecule has 0 radical (unpaired) electrons. The maximum absolute atomic E-state index is 12.0. The Balaban J connectivity index is 1.76. The highest BCUT2D eigenvalue weighted by molar-refractivity contribution is 5.95. The van der Waals surface area contributed by atoms with Gasteiger partial charge in [-0.05, 0) is 45.8 Å². The Labute approximate surface area is 115 Å². The maximum Gasteiger partial charge on any atom is 0.254 e. The van der Waals surface area contributed by atoms with Crippen molar-refractivity contribution >= 4 is 5.91 Å². The third kappa shape index (κ3) is 4.10. The third-order valence-electron chi connectivity index (χ3n) is 3.70. The van der Waals surface area contributed by atoms with Crippen molar-refractivity contribution in [2.45, 2.75) is 39.5 Å². The van der Waals surface area contributed by atoms with Gasteiger partial charge in [0.05, 0.1) is 5.56 Å². The molecule has 0 aromatic carbocycles. The second kappa shape index (κ2) is 6.75. The number of nitrogens with zero attached hydrogens (tertiary/aromatic N) is 1. The monoisotopic (exact) mass is 264 g/mol. The Bertz CT molecular complexity index is 418. The van der Waals surface area contributed by atoms with E-state index in [4.69, 9.17) is 4.42 Å². The molecule has 4 nitrogen and oxygen atoms in total. The number of amides is 1. The Morgan fingerprint density at radius 3 is 2.53 bits per heavy atom. The molecule has 0 unspecified atom stereocenters. The molecule has 0 saturated carbocycles. The van der Waals surface area contributed by atoms with Crippen LogP contribution in [0.3, 0.4) is 0 Å². The van der Waals surface area contributed by atoms with E-state index in [1.807, 2.05) is 13.8 Å². The molecule has 0 spiro atoms. The van der Waals surface area contributed by atoms with E-state index in [9.17, 15) is 4.79 Å². The van der Waals surface area contributed by atoms with Crippen LogP contribution in [0.15, 0.2) is 10.5 Å². The highest BCUT2D eigenvalue weighted by Gasteiger charge is 2.14. The topological polar surface area (TPSA) is 45.5 Å². The van der Waals surface area contributed by atoms with Crippen LogP contribution in [0.25, 0.3) is 0 Å². The van der Waals surface area contributed by atoms with Crippen molar-refractivity contribution in [3.05, 3.63) is 23.2 Å². The van der Waals surface area contributed by atoms with Crippen LogP contribution in [-0.4, -0.2) is 37.0 Å². The van der Waals surface area contributed by atoms with Crippen LogP contribution in [0.2, 0.25) is 0 Å². The van der Waals surface area contributed by atoms with Gasteiger partial charge in [0, 0.05) is 13.1 Å². The minimum absolute atomic E-state index is 0.0239. The molecule has 2 heterocycles. The zero-order valence-electron chi connectivity index (χ0n) is 12.0. The van der Waals surface area contributed by atoms with Crippen LogP contribution in [0.1, 0.15) is 47.6 Å². The first kappa shape index (κ1) is 14.1. The Hall–Kier alpha value is -1.29. The van der Waals surface area contributed by atoms with Crippen LogP contribution in [0.5, 0.6) is 0 Å². The van der Waals surface area contributed by atoms with E-state index >= 15 is 0 Å². The zero-order valence-corrected chi connectivity index (χ0v) is 12.0. The summed E-state index contributed by atoms with van der Waals surface area (Å²) in [6, 6.07) is 1.80. The van der Waals surface area contributed by atoms with Crippen LogP contribution in [0.4, 0.5) is 0 Å². The second-order valence-electron chi connectivity index (χ2n) is 5.34. The standard InChI is InChI=1S/C15H24N2O2/c1-12-11-14(13(2)19-12)15(18)16-7-10-17-8-5-3-4-6-9-17/h11H,3-10H2,1-2H3,(H,16,18). The molecule has 0 atom stereocenters. The van der Waals surface area contributed by atoms with Gasteiger partial charge in [-0.3, -0.25) is 4.79 Å². The van der Waals surface area contributed by atoms with Gasteiger partial charge < -0.3 is 14.6 Å². The lowest BCUT2D eigenvalue weighted by Crippen LogP contribution is -2.35. The first-order valence-corrected chi connectivity index (χ1v) is 7.24. The number of nitrogens with one attached hydrogen (secondary N) is 1. The first-order chi connectivity index (χ1) is 9.16. The van der Waals surface area contributed by atoms with Crippen molar-refractivity contribution in [1.82, 2.24) is 10.2 Å². The smallest absolute Gasteiger partial charge is 0.254 e. The molecular formula is C15H24N2O2. The molecule has 0 aliphatic carbocycles. The molecule has 1 aromatic heterocycles. The van der Waals surface area contributed by atoms with Crippen molar-refractivity contribution in [2.75, 3.05) is 26.2 Å². The lowest BCUT2D eigenvalue weighted by atomic mass is 10.2. The van der Waals surface area contributed by atoms with E-state index in [0.29, 0.717) is 17.9 Å². The van der Waals surface area contributed by atoms with Crippen molar-refractivity contribution in [3.63, 3.8) is 0 Å².